The highest BCUT2D eigenvalue weighted by atomic mass is 35.5. The molecule has 0 saturated heterocycles. The van der Waals surface area contributed by atoms with Crippen molar-refractivity contribution >= 4 is 22.6 Å². The number of aliphatic hydroxyl groups excluding tert-OH is 1. The molecule has 2 aromatic rings. The number of rotatable bonds is 6. The first-order valence-corrected chi connectivity index (χ1v) is 10.0. The molecule has 2 aliphatic rings. The van der Waals surface area contributed by atoms with Gasteiger partial charge in [-0.1, -0.05) is 17.7 Å². The maximum absolute atomic E-state index is 11.2. The number of nitrogens with zero attached hydrogens (tertiary/aromatic N) is 1. The van der Waals surface area contributed by atoms with Gasteiger partial charge in [-0.05, 0) is 55.5 Å². The molecule has 28 heavy (non-hydrogen) atoms. The molecule has 3 atom stereocenters. The number of hydrogen-bond acceptors (Lipinski definition) is 4. The predicted molar refractivity (Wildman–Crippen MR) is 110 cm³/mol. The third-order valence-electron chi connectivity index (χ3n) is 5.59. The van der Waals surface area contributed by atoms with Crippen molar-refractivity contribution < 1.29 is 14.6 Å². The second kappa shape index (κ2) is 8.52. The number of H-pyrrole nitrogens is 1. The van der Waals surface area contributed by atoms with Crippen LogP contribution in [-0.4, -0.2) is 34.9 Å². The Bertz CT molecular complexity index is 931. The molecule has 5 nitrogen and oxygen atoms in total. The molecule has 2 aromatic heterocycles. The Kier molecular flexibility index (Phi) is 5.85. The van der Waals surface area contributed by atoms with E-state index in [4.69, 9.17) is 21.1 Å². The molecular formula is C22H25ClN2O3. The van der Waals surface area contributed by atoms with Crippen LogP contribution in [0.2, 0.25) is 0 Å². The van der Waals surface area contributed by atoms with Gasteiger partial charge in [0.05, 0.1) is 6.10 Å². The topological polar surface area (TPSA) is 67.4 Å². The smallest absolute Gasteiger partial charge is 0.137 e. The van der Waals surface area contributed by atoms with E-state index in [1.165, 1.54) is 5.57 Å². The first kappa shape index (κ1) is 19.2. The summed E-state index contributed by atoms with van der Waals surface area (Å²) in [7, 11) is 1.67. The monoisotopic (exact) mass is 400 g/mol. The standard InChI is InChI=1S/C22H25ClN2O3/c1-27-21-17(20(26)18-12-25-22-16(18)5-3-11-24-22)4-2-6-19(21)28-13-14-7-9-15(23)10-8-14/h3,5-7,9,11-12,17,20-21,26H,2,4,8,10,13H2,1H3,(H,24,25). The number of nitrogens with one attached hydrogen (secondary N) is 1. The second-order valence-electron chi connectivity index (χ2n) is 7.32. The summed E-state index contributed by atoms with van der Waals surface area (Å²) in [6.07, 6.45) is 12.1. The van der Waals surface area contributed by atoms with Crippen LogP contribution in [0.5, 0.6) is 0 Å². The summed E-state index contributed by atoms with van der Waals surface area (Å²) in [5.74, 6) is 0.719. The molecule has 0 spiro atoms. The van der Waals surface area contributed by atoms with Gasteiger partial charge < -0.3 is 19.6 Å². The first-order valence-electron chi connectivity index (χ1n) is 9.67. The minimum atomic E-state index is -0.661. The molecule has 0 aliphatic heterocycles. The van der Waals surface area contributed by atoms with Crippen LogP contribution < -0.4 is 0 Å². The first-order chi connectivity index (χ1) is 13.7. The highest BCUT2D eigenvalue weighted by molar-refractivity contribution is 6.29. The minimum Gasteiger partial charge on any atom is -0.491 e. The highest BCUT2D eigenvalue weighted by Crippen LogP contribution is 2.39. The Labute approximate surface area is 169 Å². The number of ether oxygens (including phenoxy) is 2. The zero-order valence-electron chi connectivity index (χ0n) is 15.9. The molecule has 0 bridgehead atoms. The summed E-state index contributed by atoms with van der Waals surface area (Å²) in [4.78, 5) is 7.46. The van der Waals surface area contributed by atoms with Gasteiger partial charge >= 0.3 is 0 Å². The Morgan fingerprint density at radius 1 is 1.36 bits per heavy atom. The van der Waals surface area contributed by atoms with Gasteiger partial charge in [0.15, 0.2) is 0 Å². The molecule has 0 fully saturated rings. The lowest BCUT2D eigenvalue weighted by atomic mass is 9.83. The van der Waals surface area contributed by atoms with Gasteiger partial charge in [0, 0.05) is 41.4 Å². The van der Waals surface area contributed by atoms with E-state index in [1.807, 2.05) is 30.5 Å². The summed E-state index contributed by atoms with van der Waals surface area (Å²) in [5.41, 5.74) is 2.85. The van der Waals surface area contributed by atoms with Crippen LogP contribution in [0.4, 0.5) is 0 Å². The summed E-state index contributed by atoms with van der Waals surface area (Å²) >= 11 is 6.03. The van der Waals surface area contributed by atoms with E-state index in [9.17, 15) is 5.11 Å². The van der Waals surface area contributed by atoms with Crippen LogP contribution in [0, 0.1) is 5.92 Å². The normalized spacial score (nSPS) is 23.8. The SMILES string of the molecule is COC1C(OCC2=CC=C(Cl)CC2)=CCCC1C(O)c1c[nH]c2ncccc12. The number of pyridine rings is 1. The number of aliphatic hydroxyl groups is 1. The van der Waals surface area contributed by atoms with Crippen molar-refractivity contribution in [1.82, 2.24) is 9.97 Å². The van der Waals surface area contributed by atoms with Gasteiger partial charge in [0.1, 0.15) is 24.1 Å². The van der Waals surface area contributed by atoms with Gasteiger partial charge in [0.25, 0.3) is 0 Å². The van der Waals surface area contributed by atoms with E-state index in [0.29, 0.717) is 6.61 Å². The van der Waals surface area contributed by atoms with Crippen LogP contribution in [0.15, 0.2) is 59.1 Å². The number of aromatic nitrogens is 2. The van der Waals surface area contributed by atoms with Gasteiger partial charge in [-0.3, -0.25) is 0 Å². The molecular weight excluding hydrogens is 376 g/mol. The number of halogens is 1. The van der Waals surface area contributed by atoms with E-state index in [-0.39, 0.29) is 12.0 Å². The van der Waals surface area contributed by atoms with Gasteiger partial charge in [-0.2, -0.15) is 0 Å². The Hall–Kier alpha value is -2.08. The predicted octanol–water partition coefficient (Wildman–Crippen LogP) is 4.76. The zero-order chi connectivity index (χ0) is 19.5. The fourth-order valence-electron chi connectivity index (χ4n) is 4.06. The maximum atomic E-state index is 11.2. The van der Waals surface area contributed by atoms with Crippen LogP contribution >= 0.6 is 11.6 Å². The van der Waals surface area contributed by atoms with Crippen LogP contribution in [0.1, 0.15) is 37.4 Å². The zero-order valence-corrected chi connectivity index (χ0v) is 16.7. The molecule has 2 N–H and O–H groups in total. The van der Waals surface area contributed by atoms with Crippen molar-refractivity contribution in [3.05, 3.63) is 64.7 Å². The highest BCUT2D eigenvalue weighted by Gasteiger charge is 2.36. The maximum Gasteiger partial charge on any atom is 0.137 e. The molecule has 2 aliphatic carbocycles. The van der Waals surface area contributed by atoms with E-state index < -0.39 is 6.10 Å². The summed E-state index contributed by atoms with van der Waals surface area (Å²) in [6, 6.07) is 3.86. The van der Waals surface area contributed by atoms with Crippen molar-refractivity contribution in [2.45, 2.75) is 37.9 Å². The van der Waals surface area contributed by atoms with Crippen molar-refractivity contribution in [2.75, 3.05) is 13.7 Å². The molecule has 3 unspecified atom stereocenters. The summed E-state index contributed by atoms with van der Waals surface area (Å²) < 4.78 is 11.9. The number of methoxy groups -OCH3 is 1. The average molecular weight is 401 g/mol. The quantitative estimate of drug-likeness (QED) is 0.733. The number of fused-ring (bicyclic) bond motifs is 1. The number of hydrogen-bond donors (Lipinski definition) is 2. The van der Waals surface area contributed by atoms with E-state index in [0.717, 1.165) is 53.1 Å². The van der Waals surface area contributed by atoms with Gasteiger partial charge in [-0.15, -0.1) is 0 Å². The van der Waals surface area contributed by atoms with Crippen molar-refractivity contribution in [3.63, 3.8) is 0 Å². The third kappa shape index (κ3) is 3.88. The summed E-state index contributed by atoms with van der Waals surface area (Å²) in [5, 5.41) is 13.0. The molecule has 6 heteroatoms. The van der Waals surface area contributed by atoms with E-state index in [1.54, 1.807) is 13.3 Å². The molecule has 0 amide bonds. The van der Waals surface area contributed by atoms with E-state index >= 15 is 0 Å². The summed E-state index contributed by atoms with van der Waals surface area (Å²) in [6.45, 7) is 0.520. The van der Waals surface area contributed by atoms with Crippen molar-refractivity contribution in [1.29, 1.82) is 0 Å². The van der Waals surface area contributed by atoms with Crippen LogP contribution in [0.25, 0.3) is 11.0 Å². The molecule has 0 aromatic carbocycles. The lowest BCUT2D eigenvalue weighted by Gasteiger charge is -2.34. The van der Waals surface area contributed by atoms with Crippen molar-refractivity contribution in [3.8, 4) is 0 Å². The van der Waals surface area contributed by atoms with Crippen LogP contribution in [-0.2, 0) is 9.47 Å². The van der Waals surface area contributed by atoms with Crippen molar-refractivity contribution in [2.24, 2.45) is 5.92 Å². The molecule has 4 rings (SSSR count). The number of aromatic amines is 1. The lowest BCUT2D eigenvalue weighted by Crippen LogP contribution is -2.33. The average Bonchev–Trinajstić information content (AvgIpc) is 3.16. The fourth-order valence-corrected chi connectivity index (χ4v) is 4.21. The van der Waals surface area contributed by atoms with Gasteiger partial charge in [-0.25, -0.2) is 4.98 Å². The minimum absolute atomic E-state index is 0.0844. The second-order valence-corrected chi connectivity index (χ2v) is 7.81. The molecule has 0 radical (unpaired) electrons. The molecule has 2 heterocycles. The van der Waals surface area contributed by atoms with E-state index in [2.05, 4.69) is 16.0 Å². The largest absolute Gasteiger partial charge is 0.491 e. The fraction of sp³-hybridized carbons (Fsp3) is 0.409. The number of allylic oxidation sites excluding steroid dienone is 4. The Morgan fingerprint density at radius 3 is 3.04 bits per heavy atom. The molecule has 148 valence electrons. The molecule has 0 saturated carbocycles. The van der Waals surface area contributed by atoms with Gasteiger partial charge in [0.2, 0.25) is 0 Å². The van der Waals surface area contributed by atoms with Crippen LogP contribution in [0.3, 0.4) is 0 Å². The Balaban J connectivity index is 1.50. The third-order valence-corrected chi connectivity index (χ3v) is 5.90. The lowest BCUT2D eigenvalue weighted by molar-refractivity contribution is -0.0329. The Morgan fingerprint density at radius 2 is 2.25 bits per heavy atom.